The van der Waals surface area contributed by atoms with Gasteiger partial charge in [0, 0.05) is 30.1 Å². The summed E-state index contributed by atoms with van der Waals surface area (Å²) in [4.78, 5) is 4.40. The van der Waals surface area contributed by atoms with Gasteiger partial charge >= 0.3 is 0 Å². The number of benzene rings is 1. The Balaban J connectivity index is 1.89. The van der Waals surface area contributed by atoms with Gasteiger partial charge in [0.25, 0.3) is 0 Å². The number of aromatic nitrogens is 5. The Bertz CT molecular complexity index is 742. The summed E-state index contributed by atoms with van der Waals surface area (Å²) in [6.45, 7) is 4.00. The smallest absolute Gasteiger partial charge is 0.183 e. The third-order valence-electron chi connectivity index (χ3n) is 3.36. The number of nitrogens with zero attached hydrogens (tertiary/aromatic N) is 4. The molecule has 2 aromatic heterocycles. The van der Waals surface area contributed by atoms with Crippen LogP contribution in [0.15, 0.2) is 36.7 Å². The summed E-state index contributed by atoms with van der Waals surface area (Å²) in [6.07, 6.45) is 3.88. The number of para-hydroxylation sites is 1. The fraction of sp³-hybridized carbons (Fsp3) is 0.267. The number of H-pyrrole nitrogens is 1. The standard InChI is InChI=1S/C15H18N6/c1-10(12-8-16-21(3)9-12)17-14-7-5-4-6-13(14)15-18-11(2)19-20-15/h4-10,17H,1-3H3,(H,18,19,20). The maximum atomic E-state index is 4.40. The SMILES string of the molecule is Cc1nc(-c2ccccc2NC(C)c2cnn(C)c2)n[nH]1. The van der Waals surface area contributed by atoms with Crippen LogP contribution < -0.4 is 5.32 Å². The molecule has 1 unspecified atom stereocenters. The van der Waals surface area contributed by atoms with E-state index in [4.69, 9.17) is 0 Å². The van der Waals surface area contributed by atoms with Gasteiger partial charge in [-0.3, -0.25) is 9.78 Å². The first-order valence-electron chi connectivity index (χ1n) is 6.87. The van der Waals surface area contributed by atoms with Crippen LogP contribution in [0.5, 0.6) is 0 Å². The first-order chi connectivity index (χ1) is 10.1. The van der Waals surface area contributed by atoms with Crippen molar-refractivity contribution in [1.29, 1.82) is 0 Å². The first kappa shape index (κ1) is 13.4. The monoisotopic (exact) mass is 282 g/mol. The van der Waals surface area contributed by atoms with Gasteiger partial charge in [-0.1, -0.05) is 12.1 Å². The van der Waals surface area contributed by atoms with Crippen LogP contribution >= 0.6 is 0 Å². The van der Waals surface area contributed by atoms with Crippen LogP contribution in [0.1, 0.15) is 24.4 Å². The van der Waals surface area contributed by atoms with Gasteiger partial charge in [-0.15, -0.1) is 0 Å². The zero-order valence-electron chi connectivity index (χ0n) is 12.3. The van der Waals surface area contributed by atoms with Gasteiger partial charge in [0.15, 0.2) is 5.82 Å². The highest BCUT2D eigenvalue weighted by Crippen LogP contribution is 2.28. The highest BCUT2D eigenvalue weighted by molar-refractivity contribution is 5.73. The molecule has 0 bridgehead atoms. The third kappa shape index (κ3) is 2.79. The number of aryl methyl sites for hydroxylation is 2. The predicted octanol–water partition coefficient (Wildman–Crippen LogP) is 2.69. The molecule has 6 nitrogen and oxygen atoms in total. The molecule has 0 saturated heterocycles. The minimum Gasteiger partial charge on any atom is -0.378 e. The van der Waals surface area contributed by atoms with E-state index >= 15 is 0 Å². The molecule has 108 valence electrons. The van der Waals surface area contributed by atoms with Crippen LogP contribution in [0.4, 0.5) is 5.69 Å². The Morgan fingerprint density at radius 1 is 1.29 bits per heavy atom. The summed E-state index contributed by atoms with van der Waals surface area (Å²) in [5.74, 6) is 1.51. The molecule has 0 fully saturated rings. The fourth-order valence-corrected chi connectivity index (χ4v) is 2.25. The van der Waals surface area contributed by atoms with Crippen molar-refractivity contribution in [3.8, 4) is 11.4 Å². The molecule has 0 aliphatic rings. The summed E-state index contributed by atoms with van der Waals surface area (Å²) in [5.41, 5.74) is 3.13. The molecular formula is C15H18N6. The Hall–Kier alpha value is -2.63. The zero-order chi connectivity index (χ0) is 14.8. The van der Waals surface area contributed by atoms with E-state index in [0.29, 0.717) is 5.82 Å². The lowest BCUT2D eigenvalue weighted by atomic mass is 10.1. The zero-order valence-corrected chi connectivity index (χ0v) is 12.3. The van der Waals surface area contributed by atoms with E-state index in [-0.39, 0.29) is 6.04 Å². The fourth-order valence-electron chi connectivity index (χ4n) is 2.25. The van der Waals surface area contributed by atoms with Crippen LogP contribution in [-0.2, 0) is 7.05 Å². The minimum atomic E-state index is 0.153. The Morgan fingerprint density at radius 3 is 2.76 bits per heavy atom. The molecule has 6 heteroatoms. The summed E-state index contributed by atoms with van der Waals surface area (Å²) in [5, 5.41) is 14.8. The molecule has 2 N–H and O–H groups in total. The van der Waals surface area contributed by atoms with Gasteiger partial charge in [0.2, 0.25) is 0 Å². The van der Waals surface area contributed by atoms with Crippen LogP contribution in [0.2, 0.25) is 0 Å². The van der Waals surface area contributed by atoms with Crippen molar-refractivity contribution in [2.75, 3.05) is 5.32 Å². The van der Waals surface area contributed by atoms with Crippen molar-refractivity contribution < 1.29 is 0 Å². The Kier molecular flexibility index (Phi) is 3.43. The molecule has 0 aliphatic carbocycles. The third-order valence-corrected chi connectivity index (χ3v) is 3.36. The summed E-state index contributed by atoms with van der Waals surface area (Å²) in [6, 6.07) is 8.19. The summed E-state index contributed by atoms with van der Waals surface area (Å²) >= 11 is 0. The van der Waals surface area contributed by atoms with E-state index < -0.39 is 0 Å². The molecule has 2 heterocycles. The van der Waals surface area contributed by atoms with Gasteiger partial charge in [0.05, 0.1) is 12.2 Å². The predicted molar refractivity (Wildman–Crippen MR) is 81.8 cm³/mol. The van der Waals surface area contributed by atoms with Gasteiger partial charge in [-0.05, 0) is 26.0 Å². The molecule has 1 atom stereocenters. The lowest BCUT2D eigenvalue weighted by Crippen LogP contribution is -2.07. The van der Waals surface area contributed by atoms with Gasteiger partial charge in [-0.25, -0.2) is 4.98 Å². The van der Waals surface area contributed by atoms with Gasteiger partial charge < -0.3 is 5.32 Å². The largest absolute Gasteiger partial charge is 0.378 e. The van der Waals surface area contributed by atoms with Crippen LogP contribution in [0.3, 0.4) is 0 Å². The van der Waals surface area contributed by atoms with Gasteiger partial charge in [-0.2, -0.15) is 10.2 Å². The van der Waals surface area contributed by atoms with Crippen molar-refractivity contribution in [1.82, 2.24) is 25.0 Å². The van der Waals surface area contributed by atoms with Gasteiger partial charge in [0.1, 0.15) is 5.82 Å². The second-order valence-electron chi connectivity index (χ2n) is 5.10. The molecule has 1 aromatic carbocycles. The molecule has 0 aliphatic heterocycles. The molecule has 0 radical (unpaired) electrons. The molecule has 0 spiro atoms. The summed E-state index contributed by atoms with van der Waals surface area (Å²) < 4.78 is 1.80. The quantitative estimate of drug-likeness (QED) is 0.771. The van der Waals surface area contributed by atoms with E-state index in [1.165, 1.54) is 0 Å². The molecule has 0 amide bonds. The van der Waals surface area contributed by atoms with Crippen molar-refractivity contribution >= 4 is 5.69 Å². The Labute approximate surface area is 123 Å². The highest BCUT2D eigenvalue weighted by Gasteiger charge is 2.13. The average molecular weight is 282 g/mol. The van der Waals surface area contributed by atoms with Crippen molar-refractivity contribution in [2.45, 2.75) is 19.9 Å². The molecular weight excluding hydrogens is 264 g/mol. The molecule has 3 aromatic rings. The lowest BCUT2D eigenvalue weighted by molar-refractivity contribution is 0.765. The van der Waals surface area contributed by atoms with E-state index in [1.807, 2.05) is 50.6 Å². The molecule has 21 heavy (non-hydrogen) atoms. The number of rotatable bonds is 4. The van der Waals surface area contributed by atoms with E-state index in [9.17, 15) is 0 Å². The van der Waals surface area contributed by atoms with Crippen LogP contribution in [0.25, 0.3) is 11.4 Å². The van der Waals surface area contributed by atoms with Crippen molar-refractivity contribution in [2.24, 2.45) is 7.05 Å². The highest BCUT2D eigenvalue weighted by atomic mass is 15.2. The minimum absolute atomic E-state index is 0.153. The normalized spacial score (nSPS) is 12.3. The lowest BCUT2D eigenvalue weighted by Gasteiger charge is -2.15. The maximum Gasteiger partial charge on any atom is 0.183 e. The number of anilines is 1. The topological polar surface area (TPSA) is 71.4 Å². The van der Waals surface area contributed by atoms with Crippen LogP contribution in [0, 0.1) is 6.92 Å². The van der Waals surface area contributed by atoms with Crippen molar-refractivity contribution in [3.05, 3.63) is 48.0 Å². The van der Waals surface area contributed by atoms with Crippen molar-refractivity contribution in [3.63, 3.8) is 0 Å². The van der Waals surface area contributed by atoms with E-state index in [0.717, 1.165) is 22.6 Å². The number of hydrogen-bond donors (Lipinski definition) is 2. The molecule has 0 saturated carbocycles. The van der Waals surface area contributed by atoms with Crippen LogP contribution in [-0.4, -0.2) is 25.0 Å². The average Bonchev–Trinajstić information content (AvgIpc) is 3.08. The second kappa shape index (κ2) is 5.40. The first-order valence-corrected chi connectivity index (χ1v) is 6.87. The number of hydrogen-bond acceptors (Lipinski definition) is 4. The Morgan fingerprint density at radius 2 is 2.10 bits per heavy atom. The van der Waals surface area contributed by atoms with E-state index in [2.05, 4.69) is 32.5 Å². The second-order valence-corrected chi connectivity index (χ2v) is 5.10. The number of aromatic amines is 1. The van der Waals surface area contributed by atoms with E-state index in [1.54, 1.807) is 4.68 Å². The summed E-state index contributed by atoms with van der Waals surface area (Å²) in [7, 11) is 1.92. The maximum absolute atomic E-state index is 4.40. The number of nitrogens with one attached hydrogen (secondary N) is 2. The molecule has 3 rings (SSSR count).